The van der Waals surface area contributed by atoms with Gasteiger partial charge in [-0.1, -0.05) is 23.7 Å². The third-order valence-electron chi connectivity index (χ3n) is 7.37. The number of urea groups is 1. The van der Waals surface area contributed by atoms with Crippen LogP contribution in [-0.2, 0) is 6.54 Å². The standard InChI is InChI=1S/C22H30ClN3O/c23-20-3-1-2-16(11-20)15-25-4-6-26(7-5-25)21(27)24-22-12-17-8-18(13-22)10-19(9-17)14-22/h1-3,11,17-19H,4-10,12-15H2,(H,24,27). The van der Waals surface area contributed by atoms with E-state index in [0.717, 1.165) is 55.5 Å². The summed E-state index contributed by atoms with van der Waals surface area (Å²) < 4.78 is 0. The van der Waals surface area contributed by atoms with Crippen molar-refractivity contribution >= 4 is 17.6 Å². The zero-order valence-corrected chi connectivity index (χ0v) is 16.8. The van der Waals surface area contributed by atoms with Gasteiger partial charge >= 0.3 is 6.03 Å². The van der Waals surface area contributed by atoms with Crippen LogP contribution < -0.4 is 5.32 Å². The van der Waals surface area contributed by atoms with Crippen molar-refractivity contribution in [2.24, 2.45) is 17.8 Å². The lowest BCUT2D eigenvalue weighted by Crippen LogP contribution is -2.63. The normalized spacial score (nSPS) is 35.4. The lowest BCUT2D eigenvalue weighted by Gasteiger charge is -2.57. The first-order valence-corrected chi connectivity index (χ1v) is 11.0. The first kappa shape index (κ1) is 17.8. The molecule has 4 nitrogen and oxygen atoms in total. The number of hydrogen-bond acceptors (Lipinski definition) is 2. The molecule has 4 bridgehead atoms. The summed E-state index contributed by atoms with van der Waals surface area (Å²) in [5.74, 6) is 2.60. The van der Waals surface area contributed by atoms with Crippen molar-refractivity contribution in [2.45, 2.75) is 50.6 Å². The first-order chi connectivity index (χ1) is 13.1. The number of carbonyl (C=O) groups is 1. The predicted molar refractivity (Wildman–Crippen MR) is 108 cm³/mol. The molecule has 0 atom stereocenters. The van der Waals surface area contributed by atoms with Gasteiger partial charge in [0.1, 0.15) is 0 Å². The van der Waals surface area contributed by atoms with Crippen molar-refractivity contribution < 1.29 is 4.79 Å². The number of rotatable bonds is 3. The maximum absolute atomic E-state index is 13.0. The molecule has 146 valence electrons. The van der Waals surface area contributed by atoms with E-state index >= 15 is 0 Å². The molecule has 0 radical (unpaired) electrons. The Morgan fingerprint density at radius 2 is 1.67 bits per heavy atom. The van der Waals surface area contributed by atoms with Crippen LogP contribution in [0, 0.1) is 17.8 Å². The second-order valence-corrected chi connectivity index (χ2v) is 9.96. The summed E-state index contributed by atoms with van der Waals surface area (Å²) >= 11 is 6.10. The molecule has 1 N–H and O–H groups in total. The number of piperazine rings is 1. The van der Waals surface area contributed by atoms with E-state index in [2.05, 4.69) is 16.3 Å². The van der Waals surface area contributed by atoms with Gasteiger partial charge < -0.3 is 10.2 Å². The molecule has 0 spiro atoms. The Morgan fingerprint density at radius 1 is 1.04 bits per heavy atom. The third-order valence-corrected chi connectivity index (χ3v) is 7.60. The Labute approximate surface area is 167 Å². The minimum atomic E-state index is 0.115. The van der Waals surface area contributed by atoms with Crippen LogP contribution in [0.2, 0.25) is 5.02 Å². The van der Waals surface area contributed by atoms with Gasteiger partial charge in [0.15, 0.2) is 0 Å². The van der Waals surface area contributed by atoms with E-state index in [1.807, 2.05) is 23.1 Å². The predicted octanol–water partition coefficient (Wildman–Crippen LogP) is 4.14. The van der Waals surface area contributed by atoms with Crippen LogP contribution >= 0.6 is 11.6 Å². The highest BCUT2D eigenvalue weighted by molar-refractivity contribution is 6.30. The van der Waals surface area contributed by atoms with Gasteiger partial charge in [-0.2, -0.15) is 0 Å². The fourth-order valence-corrected chi connectivity index (χ4v) is 6.79. The van der Waals surface area contributed by atoms with E-state index in [-0.39, 0.29) is 11.6 Å². The van der Waals surface area contributed by atoms with E-state index in [0.29, 0.717) is 0 Å². The summed E-state index contributed by atoms with van der Waals surface area (Å²) in [6.45, 7) is 4.41. The molecule has 5 fully saturated rings. The van der Waals surface area contributed by atoms with E-state index in [1.165, 1.54) is 44.1 Å². The summed E-state index contributed by atoms with van der Waals surface area (Å²) in [5, 5.41) is 4.31. The summed E-state index contributed by atoms with van der Waals surface area (Å²) in [6.07, 6.45) is 7.91. The molecule has 0 unspecified atom stereocenters. The SMILES string of the molecule is O=C(NC12CC3CC(CC(C3)C1)C2)N1CCN(Cc2cccc(Cl)c2)CC1. The Morgan fingerprint density at radius 3 is 2.26 bits per heavy atom. The minimum absolute atomic E-state index is 0.115. The number of nitrogens with one attached hydrogen (secondary N) is 1. The number of carbonyl (C=O) groups excluding carboxylic acids is 1. The monoisotopic (exact) mass is 387 g/mol. The van der Waals surface area contributed by atoms with Gasteiger partial charge in [-0.15, -0.1) is 0 Å². The summed E-state index contributed by atoms with van der Waals surface area (Å²) in [4.78, 5) is 17.4. The number of hydrogen-bond donors (Lipinski definition) is 1. The summed E-state index contributed by atoms with van der Waals surface area (Å²) in [7, 11) is 0. The molecule has 1 aromatic rings. The Bertz CT molecular complexity index is 678. The van der Waals surface area contributed by atoms with Crippen LogP contribution in [0.5, 0.6) is 0 Å². The number of benzene rings is 1. The van der Waals surface area contributed by atoms with E-state index in [9.17, 15) is 4.79 Å². The quantitative estimate of drug-likeness (QED) is 0.846. The van der Waals surface area contributed by atoms with Crippen LogP contribution in [0.25, 0.3) is 0 Å². The van der Waals surface area contributed by atoms with Gasteiger partial charge in [0, 0.05) is 43.3 Å². The van der Waals surface area contributed by atoms with Crippen molar-refractivity contribution in [3.8, 4) is 0 Å². The molecule has 0 aromatic heterocycles. The van der Waals surface area contributed by atoms with Crippen molar-refractivity contribution in [1.29, 1.82) is 0 Å². The van der Waals surface area contributed by atoms with E-state index in [4.69, 9.17) is 11.6 Å². The zero-order chi connectivity index (χ0) is 18.4. The fraction of sp³-hybridized carbons (Fsp3) is 0.682. The van der Waals surface area contributed by atoms with Crippen LogP contribution in [-0.4, -0.2) is 47.5 Å². The Hall–Kier alpha value is -1.26. The lowest BCUT2D eigenvalue weighted by atomic mass is 9.53. The number of amides is 2. The van der Waals surface area contributed by atoms with Gasteiger partial charge in [-0.3, -0.25) is 4.90 Å². The molecule has 27 heavy (non-hydrogen) atoms. The highest BCUT2D eigenvalue weighted by atomic mass is 35.5. The van der Waals surface area contributed by atoms with Crippen LogP contribution in [0.15, 0.2) is 24.3 Å². The number of nitrogens with zero attached hydrogens (tertiary/aromatic N) is 2. The molecule has 1 heterocycles. The fourth-order valence-electron chi connectivity index (χ4n) is 6.57. The number of halogens is 1. The lowest BCUT2D eigenvalue weighted by molar-refractivity contribution is -0.0165. The highest BCUT2D eigenvalue weighted by Gasteiger charge is 2.51. The smallest absolute Gasteiger partial charge is 0.317 e. The molecule has 4 saturated carbocycles. The molecule has 1 aromatic carbocycles. The molecule has 1 aliphatic heterocycles. The Kier molecular flexibility index (Phi) is 4.60. The minimum Gasteiger partial charge on any atom is -0.333 e. The molecule has 5 heteroatoms. The topological polar surface area (TPSA) is 35.6 Å². The molecule has 4 aliphatic carbocycles. The maximum Gasteiger partial charge on any atom is 0.317 e. The zero-order valence-electron chi connectivity index (χ0n) is 16.0. The average Bonchev–Trinajstić information content (AvgIpc) is 2.61. The summed E-state index contributed by atoms with van der Waals surface area (Å²) in [5.41, 5.74) is 1.36. The van der Waals surface area contributed by atoms with Crippen LogP contribution in [0.1, 0.15) is 44.1 Å². The third kappa shape index (κ3) is 3.71. The molecule has 2 amide bonds. The molecular formula is C22H30ClN3O. The van der Waals surface area contributed by atoms with Gasteiger partial charge in [0.2, 0.25) is 0 Å². The van der Waals surface area contributed by atoms with Gasteiger partial charge in [-0.25, -0.2) is 4.79 Å². The van der Waals surface area contributed by atoms with Gasteiger partial charge in [0.25, 0.3) is 0 Å². The second kappa shape index (κ2) is 6.97. The van der Waals surface area contributed by atoms with Gasteiger partial charge in [-0.05, 0) is 74.0 Å². The molecule has 6 rings (SSSR count). The van der Waals surface area contributed by atoms with Gasteiger partial charge in [0.05, 0.1) is 0 Å². The highest BCUT2D eigenvalue weighted by Crippen LogP contribution is 2.55. The Balaban J connectivity index is 1.15. The average molecular weight is 388 g/mol. The second-order valence-electron chi connectivity index (χ2n) is 9.52. The molecule has 1 saturated heterocycles. The van der Waals surface area contributed by atoms with Crippen LogP contribution in [0.3, 0.4) is 0 Å². The maximum atomic E-state index is 13.0. The van der Waals surface area contributed by atoms with Crippen molar-refractivity contribution in [1.82, 2.24) is 15.1 Å². The van der Waals surface area contributed by atoms with Crippen molar-refractivity contribution in [2.75, 3.05) is 26.2 Å². The summed E-state index contributed by atoms with van der Waals surface area (Å²) in [6, 6.07) is 8.26. The largest absolute Gasteiger partial charge is 0.333 e. The van der Waals surface area contributed by atoms with E-state index < -0.39 is 0 Å². The molecule has 5 aliphatic rings. The van der Waals surface area contributed by atoms with Crippen LogP contribution in [0.4, 0.5) is 4.79 Å². The first-order valence-electron chi connectivity index (χ1n) is 10.6. The van der Waals surface area contributed by atoms with Crippen molar-refractivity contribution in [3.63, 3.8) is 0 Å². The van der Waals surface area contributed by atoms with E-state index in [1.54, 1.807) is 0 Å². The molecular weight excluding hydrogens is 358 g/mol. The van der Waals surface area contributed by atoms with Crippen molar-refractivity contribution in [3.05, 3.63) is 34.9 Å².